The lowest BCUT2D eigenvalue weighted by molar-refractivity contribution is -0.122. The van der Waals surface area contributed by atoms with Crippen LogP contribution in [0.2, 0.25) is 0 Å². The van der Waals surface area contributed by atoms with Gasteiger partial charge in [0, 0.05) is 23.8 Å². The molecule has 1 aliphatic carbocycles. The second kappa shape index (κ2) is 7.17. The molecule has 16 heavy (non-hydrogen) atoms. The van der Waals surface area contributed by atoms with Gasteiger partial charge in [-0.05, 0) is 38.9 Å². The summed E-state index contributed by atoms with van der Waals surface area (Å²) in [5.41, 5.74) is 5.63. The molecule has 1 fully saturated rings. The van der Waals surface area contributed by atoms with Gasteiger partial charge in [-0.25, -0.2) is 0 Å². The number of hydrogen-bond donors (Lipinski definition) is 2. The Morgan fingerprint density at radius 3 is 2.94 bits per heavy atom. The highest BCUT2D eigenvalue weighted by Gasteiger charge is 2.22. The fourth-order valence-electron chi connectivity index (χ4n) is 2.15. The highest BCUT2D eigenvalue weighted by atomic mass is 32.2. The molecule has 0 spiro atoms. The molecule has 1 amide bonds. The first kappa shape index (κ1) is 13.8. The summed E-state index contributed by atoms with van der Waals surface area (Å²) in [7, 11) is 0. The zero-order chi connectivity index (χ0) is 12.0. The zero-order valence-electron chi connectivity index (χ0n) is 10.4. The van der Waals surface area contributed by atoms with Crippen molar-refractivity contribution < 1.29 is 4.79 Å². The van der Waals surface area contributed by atoms with Crippen LogP contribution in [0.3, 0.4) is 0 Å². The second-order valence-electron chi connectivity index (χ2n) is 4.80. The van der Waals surface area contributed by atoms with Gasteiger partial charge in [0.15, 0.2) is 0 Å². The Labute approximate surface area is 103 Å². The van der Waals surface area contributed by atoms with Crippen molar-refractivity contribution >= 4 is 17.7 Å². The molecule has 3 N–H and O–H groups in total. The van der Waals surface area contributed by atoms with E-state index in [-0.39, 0.29) is 11.9 Å². The Bertz CT molecular complexity index is 221. The molecule has 94 valence electrons. The van der Waals surface area contributed by atoms with E-state index in [2.05, 4.69) is 11.6 Å². The van der Waals surface area contributed by atoms with Gasteiger partial charge >= 0.3 is 0 Å². The van der Waals surface area contributed by atoms with Crippen LogP contribution in [0.5, 0.6) is 0 Å². The first-order valence-electron chi connectivity index (χ1n) is 6.19. The van der Waals surface area contributed by atoms with Crippen LogP contribution < -0.4 is 11.1 Å². The van der Waals surface area contributed by atoms with E-state index in [9.17, 15) is 4.79 Å². The smallest absolute Gasteiger partial charge is 0.220 e. The minimum Gasteiger partial charge on any atom is -0.353 e. The standard InChI is InChI=1S/C12H24N2OS/c1-9(13)6-7-12(15)14-10-4-3-5-11(8-10)16-2/h9-11H,3-8,13H2,1-2H3,(H,14,15). The van der Waals surface area contributed by atoms with Gasteiger partial charge in [-0.1, -0.05) is 6.42 Å². The number of carbonyl (C=O) groups is 1. The largest absolute Gasteiger partial charge is 0.353 e. The number of nitrogens with one attached hydrogen (secondary N) is 1. The number of carbonyl (C=O) groups excluding carboxylic acids is 1. The third-order valence-corrected chi connectivity index (χ3v) is 4.25. The summed E-state index contributed by atoms with van der Waals surface area (Å²) in [5.74, 6) is 0.170. The summed E-state index contributed by atoms with van der Waals surface area (Å²) in [6.45, 7) is 1.94. The monoisotopic (exact) mass is 244 g/mol. The van der Waals surface area contributed by atoms with Gasteiger partial charge in [-0.2, -0.15) is 11.8 Å². The van der Waals surface area contributed by atoms with E-state index in [0.29, 0.717) is 12.5 Å². The molecular formula is C12H24N2OS. The minimum absolute atomic E-state index is 0.121. The summed E-state index contributed by atoms with van der Waals surface area (Å²) < 4.78 is 0. The summed E-state index contributed by atoms with van der Waals surface area (Å²) >= 11 is 1.92. The van der Waals surface area contributed by atoms with Crippen LogP contribution in [0.25, 0.3) is 0 Å². The third-order valence-electron chi connectivity index (χ3n) is 3.15. The molecule has 1 rings (SSSR count). The fourth-order valence-corrected chi connectivity index (χ4v) is 2.98. The molecular weight excluding hydrogens is 220 g/mol. The van der Waals surface area contributed by atoms with Crippen LogP contribution in [0.15, 0.2) is 0 Å². The predicted molar refractivity (Wildman–Crippen MR) is 70.6 cm³/mol. The maximum absolute atomic E-state index is 11.6. The molecule has 0 aromatic rings. The molecule has 0 aliphatic heterocycles. The Kier molecular flexibility index (Phi) is 6.21. The van der Waals surface area contributed by atoms with Crippen LogP contribution >= 0.6 is 11.8 Å². The average molecular weight is 244 g/mol. The highest BCUT2D eigenvalue weighted by molar-refractivity contribution is 7.99. The number of hydrogen-bond acceptors (Lipinski definition) is 3. The normalized spacial score (nSPS) is 27.4. The quantitative estimate of drug-likeness (QED) is 0.776. The van der Waals surface area contributed by atoms with Crippen molar-refractivity contribution in [1.82, 2.24) is 5.32 Å². The molecule has 1 aliphatic rings. The van der Waals surface area contributed by atoms with Crippen molar-refractivity contribution in [3.63, 3.8) is 0 Å². The van der Waals surface area contributed by atoms with Crippen molar-refractivity contribution in [2.45, 2.75) is 62.8 Å². The van der Waals surface area contributed by atoms with Crippen LogP contribution in [-0.2, 0) is 4.79 Å². The van der Waals surface area contributed by atoms with Crippen LogP contribution in [-0.4, -0.2) is 29.5 Å². The third kappa shape index (κ3) is 5.21. The van der Waals surface area contributed by atoms with E-state index in [0.717, 1.165) is 24.5 Å². The summed E-state index contributed by atoms with van der Waals surface area (Å²) in [5, 5.41) is 3.86. The molecule has 0 heterocycles. The van der Waals surface area contributed by atoms with Gasteiger partial charge in [0.1, 0.15) is 0 Å². The van der Waals surface area contributed by atoms with Gasteiger partial charge in [-0.3, -0.25) is 4.79 Å². The Hall–Kier alpha value is -0.220. The van der Waals surface area contributed by atoms with Crippen LogP contribution in [0, 0.1) is 0 Å². The molecule has 0 radical (unpaired) electrons. The first-order valence-corrected chi connectivity index (χ1v) is 7.48. The molecule has 3 nitrogen and oxygen atoms in total. The first-order chi connectivity index (χ1) is 7.61. The topological polar surface area (TPSA) is 55.1 Å². The molecule has 0 aromatic heterocycles. The van der Waals surface area contributed by atoms with E-state index < -0.39 is 0 Å². The molecule has 0 bridgehead atoms. The minimum atomic E-state index is 0.121. The molecule has 3 atom stereocenters. The van der Waals surface area contributed by atoms with Crippen molar-refractivity contribution in [1.29, 1.82) is 0 Å². The second-order valence-corrected chi connectivity index (χ2v) is 5.94. The van der Waals surface area contributed by atoms with Crippen molar-refractivity contribution in [3.05, 3.63) is 0 Å². The Morgan fingerprint density at radius 2 is 2.31 bits per heavy atom. The lowest BCUT2D eigenvalue weighted by atomic mass is 9.95. The molecule has 4 heteroatoms. The van der Waals surface area contributed by atoms with E-state index >= 15 is 0 Å². The molecule has 3 unspecified atom stereocenters. The van der Waals surface area contributed by atoms with Crippen molar-refractivity contribution in [2.24, 2.45) is 5.73 Å². The zero-order valence-corrected chi connectivity index (χ0v) is 11.2. The van der Waals surface area contributed by atoms with Crippen molar-refractivity contribution in [3.8, 4) is 0 Å². The van der Waals surface area contributed by atoms with Gasteiger partial charge in [0.25, 0.3) is 0 Å². The predicted octanol–water partition coefficient (Wildman–Crippen LogP) is 1.90. The summed E-state index contributed by atoms with van der Waals surface area (Å²) in [6, 6.07) is 0.517. The maximum atomic E-state index is 11.6. The van der Waals surface area contributed by atoms with Gasteiger partial charge < -0.3 is 11.1 Å². The maximum Gasteiger partial charge on any atom is 0.220 e. The lowest BCUT2D eigenvalue weighted by Gasteiger charge is -2.28. The fraction of sp³-hybridized carbons (Fsp3) is 0.917. The number of thioether (sulfide) groups is 1. The molecule has 1 saturated carbocycles. The number of rotatable bonds is 5. The van der Waals surface area contributed by atoms with Crippen molar-refractivity contribution in [2.75, 3.05) is 6.26 Å². The van der Waals surface area contributed by atoms with Gasteiger partial charge in [0.05, 0.1) is 0 Å². The Morgan fingerprint density at radius 1 is 1.56 bits per heavy atom. The summed E-state index contributed by atoms with van der Waals surface area (Å²) in [4.78, 5) is 11.6. The number of amides is 1. The van der Waals surface area contributed by atoms with Crippen LogP contribution in [0.4, 0.5) is 0 Å². The van der Waals surface area contributed by atoms with Crippen LogP contribution in [0.1, 0.15) is 45.4 Å². The van der Waals surface area contributed by atoms with Gasteiger partial charge in [0.2, 0.25) is 5.91 Å². The highest BCUT2D eigenvalue weighted by Crippen LogP contribution is 2.26. The van der Waals surface area contributed by atoms with E-state index in [1.807, 2.05) is 18.7 Å². The lowest BCUT2D eigenvalue weighted by Crippen LogP contribution is -2.39. The van der Waals surface area contributed by atoms with Gasteiger partial charge in [-0.15, -0.1) is 0 Å². The summed E-state index contributed by atoms with van der Waals surface area (Å²) in [6.07, 6.45) is 8.32. The average Bonchev–Trinajstić information content (AvgIpc) is 2.26. The van der Waals surface area contributed by atoms with E-state index in [1.54, 1.807) is 0 Å². The SMILES string of the molecule is CSC1CCCC(NC(=O)CCC(C)N)C1. The number of nitrogens with two attached hydrogens (primary N) is 1. The van der Waals surface area contributed by atoms with E-state index in [1.165, 1.54) is 12.8 Å². The van der Waals surface area contributed by atoms with E-state index in [4.69, 9.17) is 5.73 Å². The molecule has 0 saturated heterocycles. The Balaban J connectivity index is 2.22. The molecule has 0 aromatic carbocycles.